The molecular weight excluding hydrogens is 188 g/mol. The molecule has 0 radical (unpaired) electrons. The van der Waals surface area contributed by atoms with Crippen LogP contribution in [0.25, 0.3) is 0 Å². The Morgan fingerprint density at radius 3 is 2.20 bits per heavy atom. The maximum Gasteiger partial charge on any atom is 0.219 e. The van der Waals surface area contributed by atoms with Crippen LogP contribution in [0.5, 0.6) is 0 Å². The second-order valence-corrected chi connectivity index (χ2v) is 3.73. The van der Waals surface area contributed by atoms with Gasteiger partial charge in [0.1, 0.15) is 0 Å². The van der Waals surface area contributed by atoms with E-state index in [1.807, 2.05) is 11.0 Å². The van der Waals surface area contributed by atoms with Crippen LogP contribution in [0.3, 0.4) is 0 Å². The maximum atomic E-state index is 11.1. The van der Waals surface area contributed by atoms with Gasteiger partial charge in [0.2, 0.25) is 5.91 Å². The second kappa shape index (κ2) is 5.59. The molecule has 15 heavy (non-hydrogen) atoms. The van der Waals surface area contributed by atoms with Crippen molar-refractivity contribution in [2.45, 2.75) is 20.3 Å². The van der Waals surface area contributed by atoms with Gasteiger partial charge >= 0.3 is 0 Å². The summed E-state index contributed by atoms with van der Waals surface area (Å²) in [7, 11) is 0. The number of carbonyl (C=O) groups is 1. The van der Waals surface area contributed by atoms with Crippen molar-refractivity contribution in [2.24, 2.45) is 0 Å². The van der Waals surface area contributed by atoms with E-state index in [0.717, 1.165) is 32.6 Å². The van der Waals surface area contributed by atoms with Gasteiger partial charge < -0.3 is 9.80 Å². The molecule has 3 nitrogen and oxygen atoms in total. The van der Waals surface area contributed by atoms with Gasteiger partial charge in [0.05, 0.1) is 0 Å². The Morgan fingerprint density at radius 1 is 1.27 bits per heavy atom. The van der Waals surface area contributed by atoms with Crippen molar-refractivity contribution in [1.82, 2.24) is 9.80 Å². The van der Waals surface area contributed by atoms with Crippen molar-refractivity contribution >= 4 is 5.91 Å². The molecule has 0 aliphatic carbocycles. The summed E-state index contributed by atoms with van der Waals surface area (Å²) >= 11 is 0. The summed E-state index contributed by atoms with van der Waals surface area (Å²) in [6.45, 7) is 11.0. The Labute approximate surface area is 92.0 Å². The Hall–Kier alpha value is -1.25. The van der Waals surface area contributed by atoms with Crippen molar-refractivity contribution in [3.8, 4) is 0 Å². The zero-order valence-electron chi connectivity index (χ0n) is 9.70. The van der Waals surface area contributed by atoms with E-state index >= 15 is 0 Å². The lowest BCUT2D eigenvalue weighted by molar-refractivity contribution is -0.130. The van der Waals surface area contributed by atoms with Crippen LogP contribution in [0, 0.1) is 0 Å². The van der Waals surface area contributed by atoms with E-state index in [1.54, 1.807) is 6.92 Å². The van der Waals surface area contributed by atoms with Crippen LogP contribution in [0.4, 0.5) is 0 Å². The van der Waals surface area contributed by atoms with Crippen LogP contribution in [-0.4, -0.2) is 41.9 Å². The third kappa shape index (κ3) is 3.11. The minimum absolute atomic E-state index is 0.175. The number of amides is 1. The average Bonchev–Trinajstić information content (AvgIpc) is 2.26. The summed E-state index contributed by atoms with van der Waals surface area (Å²) < 4.78 is 0. The molecule has 1 amide bonds. The summed E-state index contributed by atoms with van der Waals surface area (Å²) in [5, 5.41) is 0. The highest BCUT2D eigenvalue weighted by Gasteiger charge is 2.18. The number of nitrogens with zero attached hydrogens (tertiary/aromatic N) is 2. The highest BCUT2D eigenvalue weighted by molar-refractivity contribution is 5.73. The highest BCUT2D eigenvalue weighted by Crippen LogP contribution is 2.11. The van der Waals surface area contributed by atoms with Crippen LogP contribution < -0.4 is 0 Å². The molecule has 1 fully saturated rings. The molecule has 0 unspecified atom stereocenters. The molecule has 84 valence electrons. The van der Waals surface area contributed by atoms with Crippen molar-refractivity contribution < 1.29 is 4.79 Å². The van der Waals surface area contributed by atoms with Gasteiger partial charge in [-0.25, -0.2) is 0 Å². The van der Waals surface area contributed by atoms with Gasteiger partial charge in [-0.1, -0.05) is 19.6 Å². The molecule has 1 aliphatic rings. The van der Waals surface area contributed by atoms with Gasteiger partial charge in [-0.15, -0.1) is 0 Å². The molecule has 0 spiro atoms. The summed E-state index contributed by atoms with van der Waals surface area (Å²) in [5.74, 6) is 0.175. The van der Waals surface area contributed by atoms with E-state index in [2.05, 4.69) is 24.5 Å². The number of carbonyl (C=O) groups excluding carboxylic acids is 1. The summed E-state index contributed by atoms with van der Waals surface area (Å²) in [6.07, 6.45) is 5.09. The Balaban J connectivity index is 2.52. The minimum atomic E-state index is 0.175. The number of allylic oxidation sites excluding steroid dienone is 2. The van der Waals surface area contributed by atoms with E-state index in [-0.39, 0.29) is 5.91 Å². The molecule has 0 saturated carbocycles. The topological polar surface area (TPSA) is 23.6 Å². The van der Waals surface area contributed by atoms with Gasteiger partial charge in [0.25, 0.3) is 0 Å². The number of rotatable bonds is 3. The van der Waals surface area contributed by atoms with Gasteiger partial charge in [-0.05, 0) is 12.5 Å². The van der Waals surface area contributed by atoms with Gasteiger partial charge in [-0.2, -0.15) is 0 Å². The van der Waals surface area contributed by atoms with E-state index in [9.17, 15) is 4.79 Å². The zero-order valence-corrected chi connectivity index (χ0v) is 9.70. The predicted molar refractivity (Wildman–Crippen MR) is 62.4 cm³/mol. The molecule has 0 aromatic heterocycles. The summed E-state index contributed by atoms with van der Waals surface area (Å²) in [5.41, 5.74) is 1.20. The zero-order chi connectivity index (χ0) is 11.3. The van der Waals surface area contributed by atoms with E-state index in [1.165, 1.54) is 5.70 Å². The molecule has 1 aliphatic heterocycles. The van der Waals surface area contributed by atoms with Crippen molar-refractivity contribution in [3.05, 3.63) is 24.4 Å². The van der Waals surface area contributed by atoms with E-state index in [4.69, 9.17) is 0 Å². The molecule has 0 atom stereocenters. The largest absolute Gasteiger partial charge is 0.368 e. The summed E-state index contributed by atoms with van der Waals surface area (Å²) in [4.78, 5) is 15.3. The molecule has 0 N–H and O–H groups in total. The summed E-state index contributed by atoms with van der Waals surface area (Å²) in [6, 6.07) is 0. The molecule has 0 aromatic rings. The second-order valence-electron chi connectivity index (χ2n) is 3.73. The highest BCUT2D eigenvalue weighted by atomic mass is 16.2. The third-order valence-electron chi connectivity index (χ3n) is 2.71. The lowest BCUT2D eigenvalue weighted by Crippen LogP contribution is -2.47. The molecular formula is C12H20N2O. The normalized spacial score (nSPS) is 17.9. The SMILES string of the molecule is C=C/C(=C\CC)N1CCN(C(C)=O)CC1. The lowest BCUT2D eigenvalue weighted by Gasteiger charge is -2.36. The van der Waals surface area contributed by atoms with Gasteiger partial charge in [0.15, 0.2) is 0 Å². The lowest BCUT2D eigenvalue weighted by atomic mass is 10.2. The first-order chi connectivity index (χ1) is 7.19. The average molecular weight is 208 g/mol. The predicted octanol–water partition coefficient (Wildman–Crippen LogP) is 1.63. The molecule has 0 bridgehead atoms. The maximum absolute atomic E-state index is 11.1. The monoisotopic (exact) mass is 208 g/mol. The molecule has 1 heterocycles. The quantitative estimate of drug-likeness (QED) is 0.658. The first kappa shape index (κ1) is 11.8. The standard InChI is InChI=1S/C12H20N2O/c1-4-6-12(5-2)14-9-7-13(8-10-14)11(3)15/h5-6H,2,4,7-10H2,1,3H3/b12-6+. The van der Waals surface area contributed by atoms with E-state index < -0.39 is 0 Å². The van der Waals surface area contributed by atoms with Crippen LogP contribution >= 0.6 is 0 Å². The Morgan fingerprint density at radius 2 is 1.80 bits per heavy atom. The van der Waals surface area contributed by atoms with Crippen molar-refractivity contribution in [1.29, 1.82) is 0 Å². The number of hydrogen-bond acceptors (Lipinski definition) is 2. The Kier molecular flexibility index (Phi) is 4.40. The fourth-order valence-electron chi connectivity index (χ4n) is 1.83. The van der Waals surface area contributed by atoms with Gasteiger partial charge in [-0.3, -0.25) is 4.79 Å². The first-order valence-electron chi connectivity index (χ1n) is 5.52. The Bertz CT molecular complexity index is 263. The smallest absolute Gasteiger partial charge is 0.219 e. The van der Waals surface area contributed by atoms with Crippen molar-refractivity contribution in [3.63, 3.8) is 0 Å². The number of piperazine rings is 1. The first-order valence-corrected chi connectivity index (χ1v) is 5.52. The molecule has 3 heteroatoms. The van der Waals surface area contributed by atoms with Crippen LogP contribution in [0.1, 0.15) is 20.3 Å². The van der Waals surface area contributed by atoms with E-state index in [0.29, 0.717) is 0 Å². The third-order valence-corrected chi connectivity index (χ3v) is 2.71. The van der Waals surface area contributed by atoms with Crippen LogP contribution in [0.15, 0.2) is 24.4 Å². The van der Waals surface area contributed by atoms with Crippen LogP contribution in [-0.2, 0) is 4.79 Å². The van der Waals surface area contributed by atoms with Crippen LogP contribution in [0.2, 0.25) is 0 Å². The fraction of sp³-hybridized carbons (Fsp3) is 0.583. The molecule has 0 aromatic carbocycles. The molecule has 1 saturated heterocycles. The number of hydrogen-bond donors (Lipinski definition) is 0. The van der Waals surface area contributed by atoms with Crippen molar-refractivity contribution in [2.75, 3.05) is 26.2 Å². The molecule has 1 rings (SSSR count). The van der Waals surface area contributed by atoms with Gasteiger partial charge in [0, 0.05) is 38.8 Å². The fourth-order valence-corrected chi connectivity index (χ4v) is 1.83. The minimum Gasteiger partial charge on any atom is -0.368 e.